The fraction of sp³-hybridized carbons (Fsp3) is 0.647. The van der Waals surface area contributed by atoms with Gasteiger partial charge in [0.2, 0.25) is 0 Å². The van der Waals surface area contributed by atoms with Gasteiger partial charge in [0, 0.05) is 18.6 Å². The lowest BCUT2D eigenvalue weighted by atomic mass is 9.80. The summed E-state index contributed by atoms with van der Waals surface area (Å²) in [7, 11) is 0. The highest BCUT2D eigenvalue weighted by Gasteiger charge is 2.35. The third kappa shape index (κ3) is 3.37. The van der Waals surface area contributed by atoms with E-state index < -0.39 is 0 Å². The molecule has 0 aliphatic heterocycles. The number of benzene rings is 1. The Labute approximate surface area is 118 Å². The molecule has 0 saturated heterocycles. The number of likely N-dealkylation sites (N-methyl/N-ethyl adjacent to an activating group) is 1. The summed E-state index contributed by atoms with van der Waals surface area (Å²) in [5.41, 5.74) is 9.14. The van der Waals surface area contributed by atoms with Crippen LogP contribution in [0.5, 0.6) is 0 Å². The first-order valence-corrected chi connectivity index (χ1v) is 7.71. The van der Waals surface area contributed by atoms with Crippen LogP contribution in [0.1, 0.15) is 50.2 Å². The summed E-state index contributed by atoms with van der Waals surface area (Å²) in [6, 6.07) is 8.92. The van der Waals surface area contributed by atoms with Crippen molar-refractivity contribution < 1.29 is 0 Å². The normalized spacial score (nSPS) is 18.7. The average Bonchev–Trinajstić information content (AvgIpc) is 2.47. The lowest BCUT2D eigenvalue weighted by Gasteiger charge is -2.45. The summed E-state index contributed by atoms with van der Waals surface area (Å²) in [4.78, 5) is 2.61. The van der Waals surface area contributed by atoms with Gasteiger partial charge in [-0.2, -0.15) is 0 Å². The summed E-state index contributed by atoms with van der Waals surface area (Å²) < 4.78 is 0. The van der Waals surface area contributed by atoms with E-state index in [1.807, 2.05) is 0 Å². The molecule has 1 aliphatic rings. The maximum absolute atomic E-state index is 6.15. The maximum Gasteiger partial charge on any atom is 0.0335 e. The van der Waals surface area contributed by atoms with Crippen molar-refractivity contribution in [3.63, 3.8) is 0 Å². The highest BCUT2D eigenvalue weighted by molar-refractivity contribution is 5.21. The van der Waals surface area contributed by atoms with E-state index in [2.05, 4.69) is 43.0 Å². The second-order valence-electron chi connectivity index (χ2n) is 5.99. The zero-order chi connectivity index (χ0) is 13.7. The Morgan fingerprint density at radius 3 is 2.26 bits per heavy atom. The van der Waals surface area contributed by atoms with Crippen LogP contribution >= 0.6 is 0 Å². The Bertz CT molecular complexity index is 377. The minimum atomic E-state index is 0.248. The van der Waals surface area contributed by atoms with E-state index in [0.717, 1.165) is 19.6 Å². The van der Waals surface area contributed by atoms with Crippen LogP contribution in [-0.2, 0) is 6.54 Å². The van der Waals surface area contributed by atoms with Gasteiger partial charge in [0.25, 0.3) is 0 Å². The number of hydrogen-bond acceptors (Lipinski definition) is 2. The second-order valence-corrected chi connectivity index (χ2v) is 5.99. The third-order valence-electron chi connectivity index (χ3n) is 4.71. The smallest absolute Gasteiger partial charge is 0.0335 e. The second kappa shape index (κ2) is 6.53. The molecular formula is C17H28N2. The molecule has 2 heteroatoms. The third-order valence-corrected chi connectivity index (χ3v) is 4.71. The predicted octanol–water partition coefficient (Wildman–Crippen LogP) is 3.48. The van der Waals surface area contributed by atoms with Gasteiger partial charge in [0.15, 0.2) is 0 Å². The van der Waals surface area contributed by atoms with Gasteiger partial charge >= 0.3 is 0 Å². The summed E-state index contributed by atoms with van der Waals surface area (Å²) in [5.74, 6) is 0. The van der Waals surface area contributed by atoms with Gasteiger partial charge in [-0.15, -0.1) is 0 Å². The standard InChI is InChI=1S/C17H28N2/c1-3-19(13-16-9-7-15(2)8-10-16)17(14-18)11-5-4-6-12-17/h7-10H,3-6,11-14,18H2,1-2H3. The monoisotopic (exact) mass is 260 g/mol. The minimum absolute atomic E-state index is 0.248. The number of aryl methyl sites for hydroxylation is 1. The molecule has 0 heterocycles. The molecule has 0 unspecified atom stereocenters. The van der Waals surface area contributed by atoms with Gasteiger partial charge in [0.05, 0.1) is 0 Å². The van der Waals surface area contributed by atoms with Gasteiger partial charge in [-0.25, -0.2) is 0 Å². The first-order chi connectivity index (χ1) is 9.20. The molecule has 1 fully saturated rings. The van der Waals surface area contributed by atoms with Crippen molar-refractivity contribution in [2.24, 2.45) is 5.73 Å². The summed E-state index contributed by atoms with van der Waals surface area (Å²) in [5, 5.41) is 0. The maximum atomic E-state index is 6.15. The largest absolute Gasteiger partial charge is 0.329 e. The summed E-state index contributed by atoms with van der Waals surface area (Å²) >= 11 is 0. The molecule has 2 nitrogen and oxygen atoms in total. The molecule has 2 rings (SSSR count). The molecule has 1 aromatic carbocycles. The fourth-order valence-corrected chi connectivity index (χ4v) is 3.39. The zero-order valence-corrected chi connectivity index (χ0v) is 12.5. The Morgan fingerprint density at radius 2 is 1.74 bits per heavy atom. The highest BCUT2D eigenvalue weighted by atomic mass is 15.2. The van der Waals surface area contributed by atoms with Crippen LogP contribution in [0, 0.1) is 6.92 Å². The van der Waals surface area contributed by atoms with Crippen molar-refractivity contribution in [1.29, 1.82) is 0 Å². The molecule has 0 spiro atoms. The SMILES string of the molecule is CCN(Cc1ccc(C)cc1)C1(CN)CCCCC1. The van der Waals surface area contributed by atoms with Crippen LogP contribution in [0.2, 0.25) is 0 Å². The van der Waals surface area contributed by atoms with Crippen molar-refractivity contribution in [2.75, 3.05) is 13.1 Å². The van der Waals surface area contributed by atoms with Gasteiger partial charge in [-0.05, 0) is 31.9 Å². The van der Waals surface area contributed by atoms with E-state index in [9.17, 15) is 0 Å². The molecular weight excluding hydrogens is 232 g/mol. The van der Waals surface area contributed by atoms with Crippen LogP contribution in [0.25, 0.3) is 0 Å². The molecule has 1 saturated carbocycles. The molecule has 0 atom stereocenters. The highest BCUT2D eigenvalue weighted by Crippen LogP contribution is 2.33. The molecule has 1 aromatic rings. The van der Waals surface area contributed by atoms with Crippen LogP contribution in [-0.4, -0.2) is 23.5 Å². The number of nitrogens with two attached hydrogens (primary N) is 1. The number of rotatable bonds is 5. The van der Waals surface area contributed by atoms with Crippen molar-refractivity contribution in [3.05, 3.63) is 35.4 Å². The van der Waals surface area contributed by atoms with Crippen LogP contribution < -0.4 is 5.73 Å². The Kier molecular flexibility index (Phi) is 5.00. The van der Waals surface area contributed by atoms with Gasteiger partial charge in [-0.1, -0.05) is 56.0 Å². The average molecular weight is 260 g/mol. The van der Waals surface area contributed by atoms with Gasteiger partial charge in [-0.3, -0.25) is 4.90 Å². The molecule has 0 aromatic heterocycles. The van der Waals surface area contributed by atoms with E-state index in [1.165, 1.54) is 43.2 Å². The molecule has 0 bridgehead atoms. The van der Waals surface area contributed by atoms with E-state index in [0.29, 0.717) is 0 Å². The fourth-order valence-electron chi connectivity index (χ4n) is 3.39. The van der Waals surface area contributed by atoms with Crippen LogP contribution in [0.4, 0.5) is 0 Å². The molecule has 106 valence electrons. The van der Waals surface area contributed by atoms with Crippen LogP contribution in [0.15, 0.2) is 24.3 Å². The molecule has 0 radical (unpaired) electrons. The first-order valence-electron chi connectivity index (χ1n) is 7.71. The predicted molar refractivity (Wildman–Crippen MR) is 82.1 cm³/mol. The Hall–Kier alpha value is -0.860. The zero-order valence-electron chi connectivity index (χ0n) is 12.5. The van der Waals surface area contributed by atoms with E-state index in [-0.39, 0.29) is 5.54 Å². The van der Waals surface area contributed by atoms with Gasteiger partial charge in [0.1, 0.15) is 0 Å². The quantitative estimate of drug-likeness (QED) is 0.878. The number of hydrogen-bond donors (Lipinski definition) is 1. The molecule has 1 aliphatic carbocycles. The summed E-state index contributed by atoms with van der Waals surface area (Å²) in [6.45, 7) is 7.33. The Morgan fingerprint density at radius 1 is 1.11 bits per heavy atom. The van der Waals surface area contributed by atoms with Crippen LogP contribution in [0.3, 0.4) is 0 Å². The van der Waals surface area contributed by atoms with Crippen molar-refractivity contribution >= 4 is 0 Å². The van der Waals surface area contributed by atoms with E-state index >= 15 is 0 Å². The number of nitrogens with zero attached hydrogens (tertiary/aromatic N) is 1. The lowest BCUT2D eigenvalue weighted by molar-refractivity contribution is 0.0546. The first kappa shape index (κ1) is 14.5. The Balaban J connectivity index is 2.11. The minimum Gasteiger partial charge on any atom is -0.329 e. The summed E-state index contributed by atoms with van der Waals surface area (Å²) in [6.07, 6.45) is 6.58. The van der Waals surface area contributed by atoms with Crippen molar-refractivity contribution in [2.45, 2.75) is 58.0 Å². The van der Waals surface area contributed by atoms with Crippen molar-refractivity contribution in [1.82, 2.24) is 4.90 Å². The van der Waals surface area contributed by atoms with Crippen molar-refractivity contribution in [3.8, 4) is 0 Å². The topological polar surface area (TPSA) is 29.3 Å². The molecule has 0 amide bonds. The van der Waals surface area contributed by atoms with E-state index in [4.69, 9.17) is 5.73 Å². The molecule has 2 N–H and O–H groups in total. The lowest BCUT2D eigenvalue weighted by Crippen LogP contribution is -2.54. The van der Waals surface area contributed by atoms with E-state index in [1.54, 1.807) is 0 Å². The van der Waals surface area contributed by atoms with Gasteiger partial charge < -0.3 is 5.73 Å². The molecule has 19 heavy (non-hydrogen) atoms.